The van der Waals surface area contributed by atoms with Gasteiger partial charge in [-0.25, -0.2) is 8.42 Å². The monoisotopic (exact) mass is 510 g/mol. The molecule has 0 heterocycles. The van der Waals surface area contributed by atoms with Gasteiger partial charge < -0.3 is 14.8 Å². The zero-order valence-corrected chi connectivity index (χ0v) is 22.4. The van der Waals surface area contributed by atoms with Crippen LogP contribution in [-0.2, 0) is 20.2 Å². The van der Waals surface area contributed by atoms with Gasteiger partial charge in [0.05, 0.1) is 30.8 Å². The normalized spacial score (nSPS) is 12.5. The van der Waals surface area contributed by atoms with E-state index in [4.69, 9.17) is 9.47 Å². The third-order valence-electron chi connectivity index (χ3n) is 5.93. The summed E-state index contributed by atoms with van der Waals surface area (Å²) in [4.78, 5) is 13.2. The molecule has 0 aliphatic rings. The maximum Gasteiger partial charge on any atom is 0.264 e. The van der Waals surface area contributed by atoms with Gasteiger partial charge in [0.25, 0.3) is 10.0 Å². The minimum Gasteiger partial charge on any atom is -0.493 e. The molecule has 0 fully saturated rings. The maximum atomic E-state index is 13.6. The molecule has 1 atom stereocenters. The van der Waals surface area contributed by atoms with Gasteiger partial charge in [-0.2, -0.15) is 0 Å². The second kappa shape index (κ2) is 11.0. The van der Waals surface area contributed by atoms with Crippen LogP contribution < -0.4 is 19.1 Å². The van der Waals surface area contributed by atoms with Crippen molar-refractivity contribution in [3.8, 4) is 11.5 Å². The van der Waals surface area contributed by atoms with Crippen molar-refractivity contribution in [3.05, 3.63) is 83.9 Å². The summed E-state index contributed by atoms with van der Waals surface area (Å²) >= 11 is 0. The molecule has 1 amide bonds. The Labute approximate surface area is 214 Å². The lowest BCUT2D eigenvalue weighted by atomic mass is 9.86. The Kier molecular flexibility index (Phi) is 8.30. The summed E-state index contributed by atoms with van der Waals surface area (Å²) in [6, 6.07) is 20.5. The van der Waals surface area contributed by atoms with E-state index in [1.807, 2.05) is 31.2 Å². The van der Waals surface area contributed by atoms with E-state index in [0.29, 0.717) is 11.5 Å². The first-order valence-electron chi connectivity index (χ1n) is 11.7. The lowest BCUT2D eigenvalue weighted by Gasteiger charge is -2.26. The first-order valence-corrected chi connectivity index (χ1v) is 13.1. The molecule has 3 aromatic carbocycles. The summed E-state index contributed by atoms with van der Waals surface area (Å²) < 4.78 is 38.9. The largest absolute Gasteiger partial charge is 0.493 e. The average molecular weight is 511 g/mol. The number of nitrogens with one attached hydrogen (secondary N) is 1. The van der Waals surface area contributed by atoms with Gasteiger partial charge >= 0.3 is 0 Å². The second-order valence-electron chi connectivity index (χ2n) is 9.53. The number of hydrogen-bond acceptors (Lipinski definition) is 5. The minimum atomic E-state index is -4.04. The minimum absolute atomic E-state index is 0.0245. The molecule has 0 aliphatic carbocycles. The number of hydrogen-bond donors (Lipinski definition) is 1. The number of ether oxygens (including phenoxy) is 2. The number of carbonyl (C=O) groups excluding carboxylic acids is 1. The fourth-order valence-corrected chi connectivity index (χ4v) is 5.22. The Morgan fingerprint density at radius 2 is 1.53 bits per heavy atom. The van der Waals surface area contributed by atoms with Crippen LogP contribution in [0.4, 0.5) is 5.69 Å². The highest BCUT2D eigenvalue weighted by molar-refractivity contribution is 7.92. The number of nitrogens with zero attached hydrogens (tertiary/aromatic N) is 1. The van der Waals surface area contributed by atoms with E-state index in [1.165, 1.54) is 31.9 Å². The first-order chi connectivity index (χ1) is 17.0. The van der Waals surface area contributed by atoms with Gasteiger partial charge in [0.15, 0.2) is 11.5 Å². The molecule has 0 aliphatic heterocycles. The van der Waals surface area contributed by atoms with Crippen LogP contribution in [0.25, 0.3) is 0 Å². The fourth-order valence-electron chi connectivity index (χ4n) is 3.79. The Morgan fingerprint density at radius 3 is 2.08 bits per heavy atom. The zero-order chi connectivity index (χ0) is 26.5. The van der Waals surface area contributed by atoms with Crippen LogP contribution in [0.1, 0.15) is 44.9 Å². The van der Waals surface area contributed by atoms with Crippen molar-refractivity contribution in [1.82, 2.24) is 5.32 Å². The number of rotatable bonds is 9. The molecule has 0 saturated carbocycles. The highest BCUT2D eigenvalue weighted by atomic mass is 32.2. The number of sulfonamides is 1. The number of amides is 1. The first kappa shape index (κ1) is 27.1. The summed E-state index contributed by atoms with van der Waals surface area (Å²) in [7, 11) is -1.07. The molecule has 8 heteroatoms. The predicted molar refractivity (Wildman–Crippen MR) is 142 cm³/mol. The predicted octanol–water partition coefficient (Wildman–Crippen LogP) is 5.07. The highest BCUT2D eigenvalue weighted by Crippen LogP contribution is 2.34. The molecular weight excluding hydrogens is 476 g/mol. The van der Waals surface area contributed by atoms with Crippen molar-refractivity contribution in [3.63, 3.8) is 0 Å². The summed E-state index contributed by atoms with van der Waals surface area (Å²) in [6.07, 6.45) is 0. The van der Waals surface area contributed by atoms with Gasteiger partial charge in [-0.05, 0) is 47.7 Å². The van der Waals surface area contributed by atoms with Crippen molar-refractivity contribution in [1.29, 1.82) is 0 Å². The quantitative estimate of drug-likeness (QED) is 0.434. The van der Waals surface area contributed by atoms with Crippen molar-refractivity contribution in [2.75, 3.05) is 25.1 Å². The van der Waals surface area contributed by atoms with Gasteiger partial charge in [0.1, 0.15) is 6.54 Å². The summed E-state index contributed by atoms with van der Waals surface area (Å²) in [5.41, 5.74) is 2.43. The molecular formula is C28H34N2O5S. The van der Waals surface area contributed by atoms with Gasteiger partial charge in [-0.15, -0.1) is 0 Å². The van der Waals surface area contributed by atoms with Crippen LogP contribution in [0, 0.1) is 0 Å². The molecule has 0 spiro atoms. The van der Waals surface area contributed by atoms with Gasteiger partial charge in [0.2, 0.25) is 5.91 Å². The molecule has 3 aromatic rings. The summed E-state index contributed by atoms with van der Waals surface area (Å²) in [5.74, 6) is 0.378. The molecule has 36 heavy (non-hydrogen) atoms. The second-order valence-corrected chi connectivity index (χ2v) is 11.4. The van der Waals surface area contributed by atoms with E-state index < -0.39 is 22.5 Å². The molecule has 3 rings (SSSR count). The Morgan fingerprint density at radius 1 is 0.917 bits per heavy atom. The summed E-state index contributed by atoms with van der Waals surface area (Å²) in [5, 5.41) is 2.93. The van der Waals surface area contributed by atoms with Crippen LogP contribution in [0.2, 0.25) is 0 Å². The SMILES string of the molecule is COc1ccc(N(CC(=O)N[C@@H](C)c2ccc(C(C)(C)C)cc2)S(=O)(=O)c2ccccc2)cc1OC. The topological polar surface area (TPSA) is 84.9 Å². The van der Waals surface area contributed by atoms with Crippen molar-refractivity contribution in [2.45, 2.75) is 44.0 Å². The van der Waals surface area contributed by atoms with Crippen LogP contribution in [0.3, 0.4) is 0 Å². The third-order valence-corrected chi connectivity index (χ3v) is 7.72. The Bertz CT molecular complexity index is 1280. The lowest BCUT2D eigenvalue weighted by molar-refractivity contribution is -0.120. The van der Waals surface area contributed by atoms with Crippen LogP contribution in [0.15, 0.2) is 77.7 Å². The van der Waals surface area contributed by atoms with Crippen molar-refractivity contribution in [2.24, 2.45) is 0 Å². The van der Waals surface area contributed by atoms with E-state index in [-0.39, 0.29) is 22.0 Å². The molecule has 0 saturated heterocycles. The van der Waals surface area contributed by atoms with E-state index in [9.17, 15) is 13.2 Å². The van der Waals surface area contributed by atoms with Gasteiger partial charge in [-0.1, -0.05) is 63.2 Å². The zero-order valence-electron chi connectivity index (χ0n) is 21.6. The van der Waals surface area contributed by atoms with Crippen molar-refractivity contribution >= 4 is 21.6 Å². The molecule has 0 bridgehead atoms. The van der Waals surface area contributed by atoms with E-state index in [1.54, 1.807) is 36.4 Å². The van der Waals surface area contributed by atoms with Gasteiger partial charge in [0, 0.05) is 6.07 Å². The van der Waals surface area contributed by atoms with Gasteiger partial charge in [-0.3, -0.25) is 9.10 Å². The summed E-state index contributed by atoms with van der Waals surface area (Å²) in [6.45, 7) is 7.89. The Hall–Kier alpha value is -3.52. The van der Waals surface area contributed by atoms with Crippen LogP contribution in [0.5, 0.6) is 11.5 Å². The molecule has 0 aromatic heterocycles. The maximum absolute atomic E-state index is 13.6. The molecule has 192 valence electrons. The van der Waals surface area contributed by atoms with Crippen LogP contribution in [-0.4, -0.2) is 35.1 Å². The third kappa shape index (κ3) is 6.18. The van der Waals surface area contributed by atoms with Crippen LogP contribution >= 0.6 is 0 Å². The van der Waals surface area contributed by atoms with E-state index in [2.05, 4.69) is 26.1 Å². The highest BCUT2D eigenvalue weighted by Gasteiger charge is 2.28. The van der Waals surface area contributed by atoms with E-state index >= 15 is 0 Å². The average Bonchev–Trinajstić information content (AvgIpc) is 2.86. The van der Waals surface area contributed by atoms with Crippen molar-refractivity contribution < 1.29 is 22.7 Å². The molecule has 7 nitrogen and oxygen atoms in total. The molecule has 0 radical (unpaired) electrons. The Balaban J connectivity index is 1.89. The lowest BCUT2D eigenvalue weighted by Crippen LogP contribution is -2.41. The molecule has 1 N–H and O–H groups in total. The van der Waals surface area contributed by atoms with E-state index in [0.717, 1.165) is 9.87 Å². The number of methoxy groups -OCH3 is 2. The number of benzene rings is 3. The standard InChI is InChI=1S/C28H34N2O5S/c1-20(21-12-14-22(15-13-21)28(2,3)4)29-27(31)19-30(36(32,33)24-10-8-7-9-11-24)23-16-17-25(34-5)26(18-23)35-6/h7-18,20H,19H2,1-6H3,(H,29,31)/t20-/m0/s1. The number of anilines is 1. The smallest absolute Gasteiger partial charge is 0.264 e. The molecule has 0 unspecified atom stereocenters. The number of carbonyl (C=O) groups is 1. The fraction of sp³-hybridized carbons (Fsp3) is 0.321.